The van der Waals surface area contributed by atoms with Crippen LogP contribution in [0.1, 0.15) is 31.2 Å². The zero-order valence-electron chi connectivity index (χ0n) is 15.4. The molecule has 0 saturated carbocycles. The number of nitrogens with one attached hydrogen (secondary N) is 1. The Hall–Kier alpha value is -2.19. The molecule has 4 rings (SSSR count). The Morgan fingerprint density at radius 1 is 1.33 bits per heavy atom. The fourth-order valence-electron chi connectivity index (χ4n) is 3.96. The lowest BCUT2D eigenvalue weighted by Crippen LogP contribution is -2.35. The first kappa shape index (κ1) is 18.2. The Labute approximate surface area is 159 Å². The zero-order chi connectivity index (χ0) is 19.0. The molecule has 0 spiro atoms. The fourth-order valence-corrected chi connectivity index (χ4v) is 5.10. The number of hydrogen-bond donors (Lipinski definition) is 1. The van der Waals surface area contributed by atoms with Crippen LogP contribution >= 0.6 is 0 Å². The van der Waals surface area contributed by atoms with Gasteiger partial charge in [-0.15, -0.1) is 0 Å². The van der Waals surface area contributed by atoms with Crippen molar-refractivity contribution in [2.75, 3.05) is 18.0 Å². The number of imidazole rings is 1. The van der Waals surface area contributed by atoms with E-state index in [2.05, 4.69) is 14.3 Å². The number of aryl methyl sites for hydroxylation is 2. The number of fused-ring (bicyclic) bond motifs is 2. The van der Waals surface area contributed by atoms with Gasteiger partial charge in [-0.3, -0.25) is 4.79 Å². The van der Waals surface area contributed by atoms with Gasteiger partial charge in [0.05, 0.1) is 4.90 Å². The summed E-state index contributed by atoms with van der Waals surface area (Å²) in [5.41, 5.74) is 1.74. The first-order valence-electron chi connectivity index (χ1n) is 9.35. The van der Waals surface area contributed by atoms with Crippen molar-refractivity contribution < 1.29 is 13.2 Å². The molecular formula is C19H24N4O3S. The Morgan fingerprint density at radius 2 is 2.19 bits per heavy atom. The van der Waals surface area contributed by atoms with Crippen LogP contribution in [0.5, 0.6) is 0 Å². The average Bonchev–Trinajstić information content (AvgIpc) is 3.13. The summed E-state index contributed by atoms with van der Waals surface area (Å²) < 4.78 is 30.4. The predicted octanol–water partition coefficient (Wildman–Crippen LogP) is 1.72. The van der Waals surface area contributed by atoms with Crippen LogP contribution in [0.2, 0.25) is 0 Å². The Kier molecular flexibility index (Phi) is 4.77. The molecule has 1 aromatic carbocycles. The zero-order valence-corrected chi connectivity index (χ0v) is 16.2. The van der Waals surface area contributed by atoms with Gasteiger partial charge >= 0.3 is 0 Å². The highest BCUT2D eigenvalue weighted by Crippen LogP contribution is 2.30. The van der Waals surface area contributed by atoms with E-state index in [1.165, 1.54) is 6.92 Å². The van der Waals surface area contributed by atoms with E-state index in [1.54, 1.807) is 23.2 Å². The van der Waals surface area contributed by atoms with Crippen molar-refractivity contribution in [3.63, 3.8) is 0 Å². The van der Waals surface area contributed by atoms with Crippen molar-refractivity contribution in [1.29, 1.82) is 0 Å². The second-order valence-corrected chi connectivity index (χ2v) is 9.08. The van der Waals surface area contributed by atoms with Gasteiger partial charge in [0.1, 0.15) is 5.82 Å². The summed E-state index contributed by atoms with van der Waals surface area (Å²) in [6, 6.07) is 5.10. The monoisotopic (exact) mass is 388 g/mol. The van der Waals surface area contributed by atoms with E-state index in [-0.39, 0.29) is 16.7 Å². The van der Waals surface area contributed by atoms with E-state index in [0.717, 1.165) is 49.3 Å². The lowest BCUT2D eigenvalue weighted by Gasteiger charge is -2.29. The van der Waals surface area contributed by atoms with Crippen molar-refractivity contribution in [3.8, 4) is 0 Å². The van der Waals surface area contributed by atoms with Crippen LogP contribution in [-0.2, 0) is 34.2 Å². The van der Waals surface area contributed by atoms with Crippen LogP contribution in [-0.4, -0.2) is 37.0 Å². The van der Waals surface area contributed by atoms with E-state index in [1.807, 2.05) is 12.3 Å². The van der Waals surface area contributed by atoms with Crippen LogP contribution < -0.4 is 9.62 Å². The van der Waals surface area contributed by atoms with Crippen LogP contribution in [0.3, 0.4) is 0 Å². The maximum Gasteiger partial charge on any atom is 0.240 e. The lowest BCUT2D eigenvalue weighted by molar-refractivity contribution is -0.116. The minimum absolute atomic E-state index is 0.0585. The minimum Gasteiger partial charge on any atom is -0.335 e. The number of benzene rings is 1. The average molecular weight is 388 g/mol. The molecule has 1 atom stereocenters. The molecule has 3 heterocycles. The molecule has 2 aromatic rings. The van der Waals surface area contributed by atoms with E-state index >= 15 is 0 Å². The molecule has 8 heteroatoms. The second-order valence-electron chi connectivity index (χ2n) is 7.32. The van der Waals surface area contributed by atoms with Crippen molar-refractivity contribution in [1.82, 2.24) is 14.3 Å². The van der Waals surface area contributed by atoms with E-state index in [9.17, 15) is 13.2 Å². The van der Waals surface area contributed by atoms with Gasteiger partial charge in [0, 0.05) is 51.1 Å². The molecule has 7 nitrogen and oxygen atoms in total. The number of rotatable bonds is 4. The van der Waals surface area contributed by atoms with Gasteiger partial charge in [0.2, 0.25) is 15.9 Å². The molecule has 0 saturated heterocycles. The van der Waals surface area contributed by atoms with Crippen LogP contribution in [0.4, 0.5) is 5.69 Å². The molecule has 2 aliphatic heterocycles. The van der Waals surface area contributed by atoms with Crippen molar-refractivity contribution in [3.05, 3.63) is 42.0 Å². The van der Waals surface area contributed by atoms with Gasteiger partial charge in [-0.05, 0) is 42.9 Å². The molecule has 0 bridgehead atoms. The summed E-state index contributed by atoms with van der Waals surface area (Å²) in [4.78, 5) is 18.1. The summed E-state index contributed by atoms with van der Waals surface area (Å²) in [5.74, 6) is 1.25. The number of carbonyl (C=O) groups is 1. The van der Waals surface area contributed by atoms with Crippen LogP contribution in [0, 0.1) is 5.92 Å². The maximum absolute atomic E-state index is 12.8. The molecule has 1 amide bonds. The summed E-state index contributed by atoms with van der Waals surface area (Å²) in [6.07, 6.45) is 7.27. The summed E-state index contributed by atoms with van der Waals surface area (Å²) in [5, 5.41) is 0. The highest BCUT2D eigenvalue weighted by molar-refractivity contribution is 7.89. The Morgan fingerprint density at radius 3 is 3.00 bits per heavy atom. The third kappa shape index (κ3) is 3.64. The summed E-state index contributed by atoms with van der Waals surface area (Å²) in [7, 11) is -3.62. The molecule has 1 aromatic heterocycles. The molecular weight excluding hydrogens is 364 g/mol. The molecule has 1 unspecified atom stereocenters. The predicted molar refractivity (Wildman–Crippen MR) is 102 cm³/mol. The third-order valence-corrected chi connectivity index (χ3v) is 6.88. The van der Waals surface area contributed by atoms with Crippen molar-refractivity contribution in [2.24, 2.45) is 5.92 Å². The smallest absolute Gasteiger partial charge is 0.240 e. The molecule has 2 aliphatic rings. The van der Waals surface area contributed by atoms with Crippen molar-refractivity contribution in [2.45, 2.75) is 44.0 Å². The van der Waals surface area contributed by atoms with Crippen LogP contribution in [0.15, 0.2) is 35.5 Å². The molecule has 27 heavy (non-hydrogen) atoms. The number of hydrogen-bond acceptors (Lipinski definition) is 4. The fraction of sp³-hybridized carbons (Fsp3) is 0.474. The first-order chi connectivity index (χ1) is 12.9. The van der Waals surface area contributed by atoms with Gasteiger partial charge in [-0.1, -0.05) is 6.07 Å². The van der Waals surface area contributed by atoms with Crippen molar-refractivity contribution >= 4 is 21.6 Å². The van der Waals surface area contributed by atoms with Gasteiger partial charge in [0.15, 0.2) is 0 Å². The number of anilines is 1. The standard InChI is InChI=1S/C19H24N4O3S/c1-14(24)23-9-2-3-16-5-6-17(11-18(16)23)27(25,26)21-12-15-4-7-19-20-8-10-22(19)13-15/h5-6,8,10-11,15,21H,2-4,7,9,12-13H2,1H3. The first-order valence-corrected chi connectivity index (χ1v) is 10.8. The number of sulfonamides is 1. The number of nitrogens with zero attached hydrogens (tertiary/aromatic N) is 3. The van der Waals surface area contributed by atoms with Gasteiger partial charge in [-0.25, -0.2) is 18.1 Å². The molecule has 0 fully saturated rings. The lowest BCUT2D eigenvalue weighted by atomic mass is 10.00. The summed E-state index contributed by atoms with van der Waals surface area (Å²) >= 11 is 0. The van der Waals surface area contributed by atoms with Gasteiger partial charge in [0.25, 0.3) is 0 Å². The van der Waals surface area contributed by atoms with E-state index in [4.69, 9.17) is 0 Å². The maximum atomic E-state index is 12.8. The topological polar surface area (TPSA) is 84.3 Å². The second kappa shape index (κ2) is 7.09. The number of aromatic nitrogens is 2. The summed E-state index contributed by atoms with van der Waals surface area (Å²) in [6.45, 7) is 3.32. The minimum atomic E-state index is -3.62. The van der Waals surface area contributed by atoms with Gasteiger partial charge in [-0.2, -0.15) is 0 Å². The Bertz CT molecular complexity index is 967. The molecule has 0 aliphatic carbocycles. The van der Waals surface area contributed by atoms with Crippen LogP contribution in [0.25, 0.3) is 0 Å². The number of carbonyl (C=O) groups excluding carboxylic acids is 1. The Balaban J connectivity index is 1.49. The van der Waals surface area contributed by atoms with E-state index in [0.29, 0.717) is 13.1 Å². The largest absolute Gasteiger partial charge is 0.335 e. The highest BCUT2D eigenvalue weighted by Gasteiger charge is 2.25. The molecule has 144 valence electrons. The van der Waals surface area contributed by atoms with Gasteiger partial charge < -0.3 is 9.47 Å². The van der Waals surface area contributed by atoms with E-state index < -0.39 is 10.0 Å². The SMILES string of the molecule is CC(=O)N1CCCc2ccc(S(=O)(=O)NCC3CCc4nccn4C3)cc21. The highest BCUT2D eigenvalue weighted by atomic mass is 32.2. The third-order valence-electron chi connectivity index (χ3n) is 5.46. The normalized spacial score (nSPS) is 19.4. The molecule has 0 radical (unpaired) electrons. The quantitative estimate of drug-likeness (QED) is 0.864. The number of amides is 1. The molecule has 1 N–H and O–H groups in total.